The molecule has 0 amide bonds. The van der Waals surface area contributed by atoms with Crippen molar-refractivity contribution in [3.05, 3.63) is 27.7 Å². The maximum atomic E-state index is 13.3. The Kier molecular flexibility index (Phi) is 3.05. The Balaban J connectivity index is 3.52. The molecule has 3 nitrogen and oxygen atoms in total. The zero-order valence-electron chi connectivity index (χ0n) is 6.97. The molecule has 0 aliphatic rings. The molecule has 0 bridgehead atoms. The highest BCUT2D eigenvalue weighted by Crippen LogP contribution is 2.30. The summed E-state index contributed by atoms with van der Waals surface area (Å²) >= 11 is 2.75. The van der Waals surface area contributed by atoms with Crippen molar-refractivity contribution in [1.82, 2.24) is 0 Å². The Hall–Kier alpha value is -1.17. The predicted molar refractivity (Wildman–Crippen MR) is 47.6 cm³/mol. The van der Waals surface area contributed by atoms with Gasteiger partial charge in [-0.2, -0.15) is 0 Å². The Morgan fingerprint density at radius 2 is 2.14 bits per heavy atom. The Morgan fingerprint density at radius 1 is 1.57 bits per heavy atom. The quantitative estimate of drug-likeness (QED) is 0.895. The van der Waals surface area contributed by atoms with Crippen molar-refractivity contribution in [2.24, 2.45) is 0 Å². The van der Waals surface area contributed by atoms with Crippen LogP contribution in [0.2, 0.25) is 0 Å². The molecule has 1 rings (SSSR count). The number of hydrogen-bond donors (Lipinski definition) is 1. The summed E-state index contributed by atoms with van der Waals surface area (Å²) in [5, 5.41) is 8.61. The van der Waals surface area contributed by atoms with E-state index in [0.29, 0.717) is 0 Å². The summed E-state index contributed by atoms with van der Waals surface area (Å²) in [5.41, 5.74) is -0.650. The fourth-order valence-electron chi connectivity index (χ4n) is 0.955. The molecule has 0 heterocycles. The topological polar surface area (TPSA) is 46.5 Å². The monoisotopic (exact) mass is 266 g/mol. The number of hydrogen-bond acceptors (Lipinski definition) is 2. The molecular weight excluding hydrogens is 262 g/mol. The van der Waals surface area contributed by atoms with Gasteiger partial charge in [0.05, 0.1) is 7.11 Å². The van der Waals surface area contributed by atoms with Crippen LogP contribution >= 0.6 is 15.9 Å². The molecule has 0 atom stereocenters. The Morgan fingerprint density at radius 3 is 2.57 bits per heavy atom. The molecule has 0 radical (unpaired) electrons. The molecule has 0 unspecified atom stereocenters. The van der Waals surface area contributed by atoms with Crippen molar-refractivity contribution < 1.29 is 23.4 Å². The van der Waals surface area contributed by atoms with Gasteiger partial charge in [0.15, 0.2) is 17.4 Å². The first kappa shape index (κ1) is 10.9. The highest BCUT2D eigenvalue weighted by molar-refractivity contribution is 9.10. The first-order valence-corrected chi connectivity index (χ1v) is 4.23. The van der Waals surface area contributed by atoms with E-state index in [1.807, 2.05) is 0 Å². The molecule has 6 heteroatoms. The first-order chi connectivity index (χ1) is 6.49. The Labute approximate surface area is 86.4 Å². The predicted octanol–water partition coefficient (Wildman–Crippen LogP) is 2.43. The normalized spacial score (nSPS) is 10.0. The summed E-state index contributed by atoms with van der Waals surface area (Å²) < 4.78 is 30.5. The molecule has 0 aliphatic carbocycles. The van der Waals surface area contributed by atoms with E-state index in [4.69, 9.17) is 5.11 Å². The van der Waals surface area contributed by atoms with Gasteiger partial charge >= 0.3 is 5.97 Å². The average Bonchev–Trinajstić information content (AvgIpc) is 2.02. The van der Waals surface area contributed by atoms with Crippen molar-refractivity contribution in [2.45, 2.75) is 0 Å². The maximum absolute atomic E-state index is 13.3. The van der Waals surface area contributed by atoms with Gasteiger partial charge in [-0.3, -0.25) is 0 Å². The van der Waals surface area contributed by atoms with E-state index in [0.717, 1.165) is 13.2 Å². The van der Waals surface area contributed by atoms with Crippen molar-refractivity contribution in [3.8, 4) is 5.75 Å². The van der Waals surface area contributed by atoms with Crippen LogP contribution in [0.4, 0.5) is 8.78 Å². The lowest BCUT2D eigenvalue weighted by atomic mass is 10.2. The minimum atomic E-state index is -1.49. The van der Waals surface area contributed by atoms with Gasteiger partial charge in [0.2, 0.25) is 0 Å². The molecule has 76 valence electrons. The second-order valence-electron chi connectivity index (χ2n) is 2.37. The van der Waals surface area contributed by atoms with Crippen LogP contribution in [0.25, 0.3) is 0 Å². The van der Waals surface area contributed by atoms with Crippen LogP contribution in [0.15, 0.2) is 10.5 Å². The van der Waals surface area contributed by atoms with Crippen molar-refractivity contribution >= 4 is 21.9 Å². The summed E-state index contributed by atoms with van der Waals surface area (Å²) in [7, 11) is 1.06. The van der Waals surface area contributed by atoms with Crippen molar-refractivity contribution in [1.29, 1.82) is 0 Å². The average molecular weight is 267 g/mol. The van der Waals surface area contributed by atoms with E-state index in [-0.39, 0.29) is 4.47 Å². The maximum Gasteiger partial charge on any atom is 0.340 e. The second-order valence-corrected chi connectivity index (χ2v) is 3.22. The fraction of sp³-hybridized carbons (Fsp3) is 0.125. The third-order valence-electron chi connectivity index (χ3n) is 1.55. The lowest BCUT2D eigenvalue weighted by Gasteiger charge is -2.07. The number of methoxy groups -OCH3 is 1. The summed E-state index contributed by atoms with van der Waals surface area (Å²) in [6, 6.07) is 0.839. The molecule has 0 aromatic heterocycles. The van der Waals surface area contributed by atoms with Crippen molar-refractivity contribution in [2.75, 3.05) is 7.11 Å². The number of halogens is 3. The highest BCUT2D eigenvalue weighted by atomic mass is 79.9. The van der Waals surface area contributed by atoms with Gasteiger partial charge in [-0.1, -0.05) is 0 Å². The van der Waals surface area contributed by atoms with Crippen LogP contribution in [-0.2, 0) is 0 Å². The minimum Gasteiger partial charge on any atom is -0.491 e. The van der Waals surface area contributed by atoms with Gasteiger partial charge in [-0.15, -0.1) is 0 Å². The van der Waals surface area contributed by atoms with Gasteiger partial charge in [0, 0.05) is 4.47 Å². The van der Waals surface area contributed by atoms with Gasteiger partial charge in [-0.25, -0.2) is 13.6 Å². The molecule has 0 saturated heterocycles. The van der Waals surface area contributed by atoms with E-state index in [1.165, 1.54) is 0 Å². The highest BCUT2D eigenvalue weighted by Gasteiger charge is 2.22. The molecule has 0 spiro atoms. The number of carbonyl (C=O) groups is 1. The number of aromatic carboxylic acids is 1. The molecule has 1 aromatic rings. The summed E-state index contributed by atoms with van der Waals surface area (Å²) in [4.78, 5) is 10.6. The van der Waals surface area contributed by atoms with Crippen LogP contribution in [0, 0.1) is 11.6 Å². The van der Waals surface area contributed by atoms with E-state index < -0.39 is 28.9 Å². The molecule has 0 aliphatic heterocycles. The fourth-order valence-corrected chi connectivity index (χ4v) is 1.50. The third-order valence-corrected chi connectivity index (χ3v) is 2.17. The van der Waals surface area contributed by atoms with Crippen LogP contribution in [0.5, 0.6) is 5.75 Å². The van der Waals surface area contributed by atoms with Crippen LogP contribution in [0.3, 0.4) is 0 Å². The lowest BCUT2D eigenvalue weighted by molar-refractivity contribution is 0.0689. The zero-order valence-corrected chi connectivity index (χ0v) is 8.56. The first-order valence-electron chi connectivity index (χ1n) is 3.43. The number of carboxylic acid groups (broad SMARTS) is 1. The van der Waals surface area contributed by atoms with E-state index in [1.54, 1.807) is 0 Å². The Bertz CT molecular complexity index is 393. The van der Waals surface area contributed by atoms with E-state index in [9.17, 15) is 13.6 Å². The summed E-state index contributed by atoms with van der Waals surface area (Å²) in [6.07, 6.45) is 0. The summed E-state index contributed by atoms with van der Waals surface area (Å²) in [5.74, 6) is -4.38. The van der Waals surface area contributed by atoms with Crippen LogP contribution < -0.4 is 4.74 Å². The standard InChI is InChI=1S/C8H5BrF2O3/c1-14-7-4(10)2-3(9)5(6(7)11)8(12)13/h2H,1H3,(H,12,13). The SMILES string of the molecule is COc1c(F)cc(Br)c(C(=O)O)c1F. The number of rotatable bonds is 2. The van der Waals surface area contributed by atoms with Crippen LogP contribution in [-0.4, -0.2) is 18.2 Å². The number of carboxylic acids is 1. The number of benzene rings is 1. The van der Waals surface area contributed by atoms with Crippen molar-refractivity contribution in [3.63, 3.8) is 0 Å². The van der Waals surface area contributed by atoms with Crippen LogP contribution in [0.1, 0.15) is 10.4 Å². The largest absolute Gasteiger partial charge is 0.491 e. The summed E-state index contributed by atoms with van der Waals surface area (Å²) in [6.45, 7) is 0. The molecule has 1 N–H and O–H groups in total. The molecule has 0 fully saturated rings. The minimum absolute atomic E-state index is 0.166. The lowest BCUT2D eigenvalue weighted by Crippen LogP contribution is -2.05. The molecule has 1 aromatic carbocycles. The van der Waals surface area contributed by atoms with E-state index in [2.05, 4.69) is 20.7 Å². The molecular formula is C8H5BrF2O3. The second kappa shape index (κ2) is 3.91. The molecule has 0 saturated carbocycles. The smallest absolute Gasteiger partial charge is 0.340 e. The third kappa shape index (κ3) is 1.70. The number of ether oxygens (including phenoxy) is 1. The van der Waals surface area contributed by atoms with Gasteiger partial charge < -0.3 is 9.84 Å². The van der Waals surface area contributed by atoms with Gasteiger partial charge in [0.25, 0.3) is 0 Å². The zero-order chi connectivity index (χ0) is 10.9. The van der Waals surface area contributed by atoms with Gasteiger partial charge in [0.1, 0.15) is 5.56 Å². The van der Waals surface area contributed by atoms with E-state index >= 15 is 0 Å². The molecule has 14 heavy (non-hydrogen) atoms. The van der Waals surface area contributed by atoms with Gasteiger partial charge in [-0.05, 0) is 22.0 Å².